The van der Waals surface area contributed by atoms with E-state index >= 15 is 0 Å². The first kappa shape index (κ1) is 91.0. The van der Waals surface area contributed by atoms with Crippen molar-refractivity contribution in [2.45, 2.75) is 380 Å². The van der Waals surface area contributed by atoms with Crippen LogP contribution in [0.3, 0.4) is 0 Å². The van der Waals surface area contributed by atoms with E-state index in [4.69, 9.17) is 23.7 Å². The van der Waals surface area contributed by atoms with E-state index in [1.54, 1.807) is 22.9 Å². The molecule has 1 fully saturated rings. The predicted octanol–water partition coefficient (Wildman–Crippen LogP) is 21.5. The summed E-state index contributed by atoms with van der Waals surface area (Å²) < 4.78 is 30.3. The first-order valence-corrected chi connectivity index (χ1v) is 42.7. The lowest BCUT2D eigenvalue weighted by Crippen LogP contribution is -2.46. The Labute approximate surface area is 607 Å². The molecule has 1 aromatic rings. The summed E-state index contributed by atoms with van der Waals surface area (Å²) in [5.41, 5.74) is 0.619. The Balaban J connectivity index is 1.59. The Morgan fingerprint density at radius 3 is 1.49 bits per heavy atom. The SMILES string of the molecule is CCCCCCCCCCCCCCCCCCOC(COC(=O)NCCCCCC(=O)NCCC(C)(C)OCCC(C)(C)OCCNC(=O)c1ccc(C(C)SSCC(NC(=O)C2CCCCCCCCCC2C)C(=O)O)cc1)OCCCCCCCCCCCCCCCCC. The second kappa shape index (κ2) is 61.4. The normalized spacial score (nSPS) is 15.8. The highest BCUT2D eigenvalue weighted by atomic mass is 33.1. The molecule has 17 heteroatoms. The van der Waals surface area contributed by atoms with Gasteiger partial charge in [0.15, 0.2) is 6.29 Å². The maximum absolute atomic E-state index is 13.4. The van der Waals surface area contributed by atoms with Crippen LogP contribution in [0.2, 0.25) is 0 Å². The molecule has 2 rings (SSSR count). The number of carbonyl (C=O) groups excluding carboxylic acids is 4. The molecule has 0 bridgehead atoms. The Kier molecular flexibility index (Phi) is 57.0. The van der Waals surface area contributed by atoms with Crippen molar-refractivity contribution in [1.29, 1.82) is 0 Å². The summed E-state index contributed by atoms with van der Waals surface area (Å²) in [6, 6.07) is 6.50. The molecular weight excluding hydrogens is 1270 g/mol. The third-order valence-corrected chi connectivity index (χ3v) is 22.4. The van der Waals surface area contributed by atoms with Gasteiger partial charge in [0.2, 0.25) is 11.8 Å². The second-order valence-electron chi connectivity index (χ2n) is 29.8. The van der Waals surface area contributed by atoms with E-state index in [-0.39, 0.29) is 47.2 Å². The Morgan fingerprint density at radius 1 is 0.520 bits per heavy atom. The molecule has 0 saturated heterocycles. The summed E-state index contributed by atoms with van der Waals surface area (Å²) in [6.07, 6.45) is 53.9. The largest absolute Gasteiger partial charge is 0.480 e. The molecule has 5 unspecified atom stereocenters. The number of nitrogens with one attached hydrogen (secondary N) is 4. The summed E-state index contributed by atoms with van der Waals surface area (Å²) in [5, 5.41) is 21.8. The summed E-state index contributed by atoms with van der Waals surface area (Å²) in [7, 11) is 3.00. The number of alkyl carbamates (subject to hydrolysis) is 1. The van der Waals surface area contributed by atoms with Crippen LogP contribution in [0.15, 0.2) is 24.3 Å². The molecule has 1 aliphatic carbocycles. The van der Waals surface area contributed by atoms with Gasteiger partial charge in [0.05, 0.1) is 24.4 Å². The first-order valence-electron chi connectivity index (χ1n) is 40.3. The minimum atomic E-state index is -1.02. The Hall–Kier alpha value is -3.09. The van der Waals surface area contributed by atoms with E-state index in [0.717, 1.165) is 82.6 Å². The van der Waals surface area contributed by atoms with Gasteiger partial charge in [-0.25, -0.2) is 9.59 Å². The van der Waals surface area contributed by atoms with Crippen molar-refractivity contribution in [3.63, 3.8) is 0 Å². The third-order valence-electron chi connectivity index (χ3n) is 19.6. The number of hydrogen-bond acceptors (Lipinski definition) is 12. The van der Waals surface area contributed by atoms with Gasteiger partial charge in [-0.2, -0.15) is 0 Å². The number of carbonyl (C=O) groups is 5. The molecule has 5 N–H and O–H groups in total. The molecule has 1 aliphatic rings. The monoisotopic (exact) mass is 1420 g/mol. The molecule has 15 nitrogen and oxygen atoms in total. The lowest BCUT2D eigenvalue weighted by atomic mass is 9.85. The van der Waals surface area contributed by atoms with Crippen molar-refractivity contribution < 1.29 is 52.8 Å². The van der Waals surface area contributed by atoms with Gasteiger partial charge in [0.1, 0.15) is 12.6 Å². The number of carboxylic acids is 1. The van der Waals surface area contributed by atoms with Crippen LogP contribution in [-0.2, 0) is 38.1 Å². The van der Waals surface area contributed by atoms with Gasteiger partial charge in [0, 0.05) is 61.8 Å². The van der Waals surface area contributed by atoms with Gasteiger partial charge in [-0.05, 0) is 110 Å². The molecule has 98 heavy (non-hydrogen) atoms. The van der Waals surface area contributed by atoms with Crippen molar-refractivity contribution in [3.8, 4) is 0 Å². The van der Waals surface area contributed by atoms with Crippen LogP contribution in [0, 0.1) is 11.8 Å². The van der Waals surface area contributed by atoms with Crippen LogP contribution in [0.1, 0.15) is 372 Å². The summed E-state index contributed by atoms with van der Waals surface area (Å²) >= 11 is 0. The van der Waals surface area contributed by atoms with Gasteiger partial charge in [-0.15, -0.1) is 0 Å². The van der Waals surface area contributed by atoms with Gasteiger partial charge >= 0.3 is 12.1 Å². The highest BCUT2D eigenvalue weighted by Crippen LogP contribution is 2.38. The number of rotatable bonds is 63. The number of hydrogen-bond donors (Lipinski definition) is 5. The average Bonchev–Trinajstić information content (AvgIpc) is 1.08. The van der Waals surface area contributed by atoms with Crippen LogP contribution in [0.5, 0.6) is 0 Å². The first-order chi connectivity index (χ1) is 47.5. The van der Waals surface area contributed by atoms with Crippen molar-refractivity contribution >= 4 is 51.4 Å². The van der Waals surface area contributed by atoms with Crippen molar-refractivity contribution in [1.82, 2.24) is 21.3 Å². The fourth-order valence-corrected chi connectivity index (χ4v) is 15.3. The second-order valence-corrected chi connectivity index (χ2v) is 32.5. The highest BCUT2D eigenvalue weighted by Gasteiger charge is 2.30. The maximum atomic E-state index is 13.4. The highest BCUT2D eigenvalue weighted by molar-refractivity contribution is 8.76. The maximum Gasteiger partial charge on any atom is 0.407 e. The molecule has 1 saturated carbocycles. The number of amides is 4. The summed E-state index contributed by atoms with van der Waals surface area (Å²) in [6.45, 7) is 20.2. The molecule has 1 aromatic carbocycles. The summed E-state index contributed by atoms with van der Waals surface area (Å²) in [4.78, 5) is 64.2. The van der Waals surface area contributed by atoms with E-state index in [1.807, 2.05) is 46.8 Å². The van der Waals surface area contributed by atoms with E-state index in [1.165, 1.54) is 210 Å². The van der Waals surface area contributed by atoms with Crippen LogP contribution >= 0.6 is 21.6 Å². The number of carboxylic acid groups (broad SMARTS) is 1. The number of benzene rings is 1. The molecule has 0 aromatic heterocycles. The van der Waals surface area contributed by atoms with Crippen LogP contribution in [0.4, 0.5) is 4.79 Å². The van der Waals surface area contributed by atoms with Gasteiger partial charge < -0.3 is 50.1 Å². The number of unbranched alkanes of at least 4 members (excludes halogenated alkanes) is 31. The fourth-order valence-electron chi connectivity index (χ4n) is 12.8. The van der Waals surface area contributed by atoms with E-state index in [2.05, 4.69) is 42.0 Å². The van der Waals surface area contributed by atoms with Gasteiger partial charge in [0.25, 0.3) is 5.91 Å². The zero-order valence-electron chi connectivity index (χ0n) is 63.9. The molecular formula is C81H148N4O11S2. The van der Waals surface area contributed by atoms with Crippen LogP contribution in [-0.4, -0.2) is 117 Å². The van der Waals surface area contributed by atoms with E-state index < -0.39 is 35.6 Å². The smallest absolute Gasteiger partial charge is 0.407 e. The lowest BCUT2D eigenvalue weighted by Gasteiger charge is -2.30. The lowest BCUT2D eigenvalue weighted by molar-refractivity contribution is -0.164. The minimum absolute atomic E-state index is 0.00382. The molecule has 0 aliphatic heterocycles. The standard InChI is InChI=1S/C81H148N4O11S2/c1-9-11-13-15-17-19-21-23-25-27-29-31-33-38-42-49-63-93-75(92-62-48-41-37-32-30-28-26-24-22-20-18-16-14-12-10-2)66-94-79(91)84-59-47-43-46-52-74(86)82-60-57-80(5,6)95-64-58-81(7,8)96-65-61-83-76(87)71-55-53-70(54-56-71)69(4)98-97-67-73(78(89)90)85-77(88)72-51-45-40-36-34-35-39-44-50-68(72)3/h53-56,68-69,72-73,75H,9-52,57-67H2,1-8H3,(H,82,86)(H,83,87)(H,84,91)(H,85,88)(H,89,90). The van der Waals surface area contributed by atoms with Crippen molar-refractivity contribution in [3.05, 3.63) is 35.4 Å². The van der Waals surface area contributed by atoms with Crippen LogP contribution in [0.25, 0.3) is 0 Å². The third kappa shape index (κ3) is 52.0. The number of aliphatic carboxylic acids is 1. The van der Waals surface area contributed by atoms with Gasteiger partial charge in [-0.3, -0.25) is 14.4 Å². The summed E-state index contributed by atoms with van der Waals surface area (Å²) in [5.74, 6) is -1.01. The molecule has 0 heterocycles. The number of ether oxygens (including phenoxy) is 5. The molecule has 0 radical (unpaired) electrons. The predicted molar refractivity (Wildman–Crippen MR) is 411 cm³/mol. The van der Waals surface area contributed by atoms with Crippen molar-refractivity contribution in [2.24, 2.45) is 11.8 Å². The van der Waals surface area contributed by atoms with E-state index in [9.17, 15) is 29.1 Å². The fraction of sp³-hybridized carbons (Fsp3) is 0.864. The average molecular weight is 1420 g/mol. The topological polar surface area (TPSA) is 200 Å². The Bertz CT molecular complexity index is 2100. The molecule has 570 valence electrons. The zero-order valence-corrected chi connectivity index (χ0v) is 65.6. The van der Waals surface area contributed by atoms with Crippen molar-refractivity contribution in [2.75, 3.05) is 58.4 Å². The van der Waals surface area contributed by atoms with Gasteiger partial charge in [-0.1, -0.05) is 292 Å². The molecule has 5 atom stereocenters. The van der Waals surface area contributed by atoms with E-state index in [0.29, 0.717) is 70.9 Å². The Morgan fingerprint density at radius 2 is 0.980 bits per heavy atom. The zero-order chi connectivity index (χ0) is 71.4. The van der Waals surface area contributed by atoms with Crippen LogP contribution < -0.4 is 21.3 Å². The molecule has 4 amide bonds. The quantitative estimate of drug-likeness (QED) is 0.0235. The molecule has 0 spiro atoms. The minimum Gasteiger partial charge on any atom is -0.480 e.